The first-order valence-corrected chi connectivity index (χ1v) is 16.2. The number of alkyl halides is 3. The van der Waals surface area contributed by atoms with Crippen LogP contribution in [0, 0.1) is 6.92 Å². The second-order valence-electron chi connectivity index (χ2n) is 11.9. The first-order valence-electron chi connectivity index (χ1n) is 13.9. The molecule has 2 aromatic heterocycles. The van der Waals surface area contributed by atoms with Gasteiger partial charge >= 0.3 is 12.4 Å². The zero-order valence-electron chi connectivity index (χ0n) is 24.9. The van der Waals surface area contributed by atoms with E-state index >= 15 is 0 Å². The molecule has 1 fully saturated rings. The number of aromatic nitrogens is 3. The highest BCUT2D eigenvalue weighted by Crippen LogP contribution is 2.42. The van der Waals surface area contributed by atoms with Gasteiger partial charge in [0.15, 0.2) is 5.82 Å². The lowest BCUT2D eigenvalue weighted by atomic mass is 9.86. The van der Waals surface area contributed by atoms with Crippen LogP contribution >= 0.6 is 11.3 Å². The normalized spacial score (nSPS) is 18.1. The van der Waals surface area contributed by atoms with Crippen molar-refractivity contribution in [2.75, 3.05) is 5.32 Å². The van der Waals surface area contributed by atoms with Gasteiger partial charge in [-0.3, -0.25) is 0 Å². The third-order valence-electron chi connectivity index (χ3n) is 6.63. The molecule has 2 heterocycles. The number of benzene rings is 1. The van der Waals surface area contributed by atoms with Gasteiger partial charge < -0.3 is 15.4 Å². The third kappa shape index (κ3) is 8.48. The minimum Gasteiger partial charge on any atom is -0.447 e. The zero-order chi connectivity index (χ0) is 31.7. The van der Waals surface area contributed by atoms with Crippen molar-refractivity contribution in [1.29, 1.82) is 0 Å². The number of ether oxygens (including phenoxy) is 1. The van der Waals surface area contributed by atoms with Crippen molar-refractivity contribution in [1.82, 2.24) is 24.8 Å². The molecule has 0 aliphatic heterocycles. The van der Waals surface area contributed by atoms with Crippen LogP contribution in [-0.2, 0) is 21.1 Å². The average molecular weight is 643 g/mol. The molecular weight excluding hydrogens is 605 g/mol. The number of aryl methyl sites for hydroxylation is 1. The number of thiazole rings is 1. The van der Waals surface area contributed by atoms with E-state index in [-0.39, 0.29) is 39.1 Å². The quantitative estimate of drug-likeness (QED) is 0.247. The van der Waals surface area contributed by atoms with Gasteiger partial charge in [0.05, 0.1) is 26.6 Å². The summed E-state index contributed by atoms with van der Waals surface area (Å²) in [5.41, 5.74) is 0.594. The molecule has 0 atom stereocenters. The number of nitrogens with zero attached hydrogens (tertiary/aromatic N) is 3. The van der Waals surface area contributed by atoms with Gasteiger partial charge in [-0.05, 0) is 79.4 Å². The standard InChI is InChI=1S/C28H37F3N6O4S2/c1-16(2)41-26(38)34-19-9-7-18(8-10-19)25-32-17(3)24(42-25)21-12-11-20(15-22(21)43(39,40)36-27(4,5)6)33-23-13-14-37(35-23)28(29,30)31/h11-16,18-19,36H,7-10H2,1-6H3,(H,33,35)(H,34,38). The van der Waals surface area contributed by atoms with Crippen LogP contribution in [0.5, 0.6) is 0 Å². The maximum atomic E-state index is 13.6. The van der Waals surface area contributed by atoms with E-state index in [0.717, 1.165) is 43.0 Å². The van der Waals surface area contributed by atoms with Gasteiger partial charge in [0.1, 0.15) is 0 Å². The molecule has 1 aliphatic carbocycles. The molecule has 0 radical (unpaired) electrons. The molecule has 1 saturated carbocycles. The Kier molecular flexibility index (Phi) is 9.47. The van der Waals surface area contributed by atoms with Gasteiger partial charge in [-0.1, -0.05) is 6.07 Å². The summed E-state index contributed by atoms with van der Waals surface area (Å²) >= 11 is 1.43. The molecule has 0 spiro atoms. The van der Waals surface area contributed by atoms with Crippen LogP contribution in [0.25, 0.3) is 10.4 Å². The zero-order valence-corrected chi connectivity index (χ0v) is 26.5. The van der Waals surface area contributed by atoms with Crippen LogP contribution in [-0.4, -0.2) is 47.0 Å². The van der Waals surface area contributed by atoms with E-state index in [0.29, 0.717) is 16.1 Å². The number of hydrogen-bond acceptors (Lipinski definition) is 8. The summed E-state index contributed by atoms with van der Waals surface area (Å²) in [6.45, 7) is 10.6. The number of rotatable bonds is 8. The molecule has 15 heteroatoms. The summed E-state index contributed by atoms with van der Waals surface area (Å²) in [7, 11) is -4.06. The van der Waals surface area contributed by atoms with Crippen LogP contribution in [0.4, 0.5) is 29.5 Å². The van der Waals surface area contributed by atoms with Crippen molar-refractivity contribution in [3.8, 4) is 10.4 Å². The molecular formula is C28H37F3N6O4S2. The maximum absolute atomic E-state index is 13.6. The van der Waals surface area contributed by atoms with E-state index < -0.39 is 28.0 Å². The molecule has 0 saturated heterocycles. The van der Waals surface area contributed by atoms with E-state index in [1.807, 2.05) is 6.92 Å². The fourth-order valence-corrected chi connectivity index (χ4v) is 7.89. The Labute approximate surface area is 253 Å². The lowest BCUT2D eigenvalue weighted by Crippen LogP contribution is -2.40. The van der Waals surface area contributed by atoms with Crippen LogP contribution in [0.1, 0.15) is 76.9 Å². The fourth-order valence-electron chi connectivity index (χ4n) is 4.89. The number of amides is 1. The Hall–Kier alpha value is -3.17. The molecule has 3 N–H and O–H groups in total. The number of carbonyl (C=O) groups excluding carboxylic acids is 1. The number of sulfonamides is 1. The van der Waals surface area contributed by atoms with Crippen molar-refractivity contribution in [3.05, 3.63) is 41.2 Å². The summed E-state index contributed by atoms with van der Waals surface area (Å²) in [5, 5.41) is 10.1. The maximum Gasteiger partial charge on any atom is 0.504 e. The molecule has 0 bridgehead atoms. The predicted octanol–water partition coefficient (Wildman–Crippen LogP) is 6.77. The summed E-state index contributed by atoms with van der Waals surface area (Å²) < 4.78 is 74.0. The smallest absolute Gasteiger partial charge is 0.447 e. The summed E-state index contributed by atoms with van der Waals surface area (Å²) in [4.78, 5) is 17.5. The van der Waals surface area contributed by atoms with Crippen molar-refractivity contribution < 1.29 is 31.1 Å². The molecule has 0 unspecified atom stereocenters. The van der Waals surface area contributed by atoms with Gasteiger partial charge in [-0.25, -0.2) is 22.9 Å². The number of carbonyl (C=O) groups is 1. The van der Waals surface area contributed by atoms with E-state index in [2.05, 4.69) is 20.5 Å². The lowest BCUT2D eigenvalue weighted by molar-refractivity contribution is -0.212. The number of alkyl carbamates (subject to hydrolysis) is 1. The van der Waals surface area contributed by atoms with Crippen molar-refractivity contribution in [2.45, 2.75) is 102 Å². The predicted molar refractivity (Wildman–Crippen MR) is 159 cm³/mol. The fraction of sp³-hybridized carbons (Fsp3) is 0.536. The average Bonchev–Trinajstić information content (AvgIpc) is 3.49. The molecule has 4 rings (SSSR count). The van der Waals surface area contributed by atoms with E-state index in [1.54, 1.807) is 46.8 Å². The summed E-state index contributed by atoms with van der Waals surface area (Å²) in [6.07, 6.45) is -1.36. The Morgan fingerprint density at radius 3 is 2.37 bits per heavy atom. The van der Waals surface area contributed by atoms with Gasteiger partial charge in [-0.2, -0.15) is 4.68 Å². The van der Waals surface area contributed by atoms with Crippen LogP contribution in [0.2, 0.25) is 0 Å². The van der Waals surface area contributed by atoms with Gasteiger partial charge in [0.25, 0.3) is 0 Å². The Bertz CT molecular complexity index is 1550. The minimum absolute atomic E-state index is 0.0193. The highest BCUT2D eigenvalue weighted by molar-refractivity contribution is 7.89. The highest BCUT2D eigenvalue weighted by atomic mass is 32.2. The Balaban J connectivity index is 1.61. The molecule has 1 aromatic carbocycles. The molecule has 1 amide bonds. The van der Waals surface area contributed by atoms with Crippen LogP contribution < -0.4 is 15.4 Å². The summed E-state index contributed by atoms with van der Waals surface area (Å²) in [6, 6.07) is 5.79. The lowest BCUT2D eigenvalue weighted by Gasteiger charge is -2.28. The second-order valence-corrected chi connectivity index (χ2v) is 14.6. The minimum atomic E-state index is -4.67. The number of halogens is 3. The number of nitrogens with one attached hydrogen (secondary N) is 3. The highest BCUT2D eigenvalue weighted by Gasteiger charge is 2.32. The van der Waals surface area contributed by atoms with Crippen LogP contribution in [0.15, 0.2) is 35.4 Å². The van der Waals surface area contributed by atoms with E-state index in [4.69, 9.17) is 9.72 Å². The van der Waals surface area contributed by atoms with Crippen molar-refractivity contribution >= 4 is 39.0 Å². The summed E-state index contributed by atoms with van der Waals surface area (Å²) in [5.74, 6) is 0.0741. The van der Waals surface area contributed by atoms with Gasteiger partial charge in [0.2, 0.25) is 10.0 Å². The second kappa shape index (κ2) is 12.4. The first-order chi connectivity index (χ1) is 19.9. The van der Waals surface area contributed by atoms with Crippen molar-refractivity contribution in [3.63, 3.8) is 0 Å². The third-order valence-corrected chi connectivity index (χ3v) is 9.78. The van der Waals surface area contributed by atoms with E-state index in [1.165, 1.54) is 17.4 Å². The SMILES string of the molecule is Cc1nc(C2CCC(NC(=O)OC(C)C)CC2)sc1-c1ccc(Nc2ccn(C(F)(F)F)n2)cc1S(=O)(=O)NC(C)(C)C. The van der Waals surface area contributed by atoms with Crippen molar-refractivity contribution in [2.24, 2.45) is 0 Å². The first kappa shape index (κ1) is 32.7. The topological polar surface area (TPSA) is 127 Å². The Morgan fingerprint density at radius 1 is 1.12 bits per heavy atom. The molecule has 10 nitrogen and oxygen atoms in total. The molecule has 236 valence electrons. The largest absolute Gasteiger partial charge is 0.504 e. The Morgan fingerprint density at radius 2 is 1.79 bits per heavy atom. The number of anilines is 2. The van der Waals surface area contributed by atoms with E-state index in [9.17, 15) is 26.4 Å². The molecule has 1 aliphatic rings. The monoisotopic (exact) mass is 642 g/mol. The van der Waals surface area contributed by atoms with Crippen LogP contribution in [0.3, 0.4) is 0 Å². The molecule has 3 aromatic rings. The molecule has 43 heavy (non-hydrogen) atoms. The van der Waals surface area contributed by atoms with Gasteiger partial charge in [0, 0.05) is 41.0 Å². The number of hydrogen-bond donors (Lipinski definition) is 3. The van der Waals surface area contributed by atoms with Gasteiger partial charge in [-0.15, -0.1) is 29.6 Å².